The number of esters is 1. The number of ether oxygens (including phenoxy) is 1. The van der Waals surface area contributed by atoms with Gasteiger partial charge in [0.05, 0.1) is 13.2 Å². The van der Waals surface area contributed by atoms with E-state index in [1.165, 1.54) is 11.3 Å². The molecule has 2 aromatic rings. The molecule has 138 valence electrons. The number of halogens is 1. The van der Waals surface area contributed by atoms with Crippen LogP contribution in [0.1, 0.15) is 30.1 Å². The summed E-state index contributed by atoms with van der Waals surface area (Å²) >= 11 is 7.61. The van der Waals surface area contributed by atoms with Crippen LogP contribution in [0, 0.1) is 0 Å². The van der Waals surface area contributed by atoms with E-state index in [9.17, 15) is 9.59 Å². The molecule has 0 radical (unpaired) electrons. The molecule has 0 spiro atoms. The van der Waals surface area contributed by atoms with E-state index in [1.807, 2.05) is 23.6 Å². The number of nitrogens with zero attached hydrogens (tertiary/aromatic N) is 1. The van der Waals surface area contributed by atoms with Gasteiger partial charge in [-0.2, -0.15) is 0 Å². The zero-order chi connectivity index (χ0) is 18.5. The SMILES string of the molecule is CCOC(=O)c1c(-c2ccccc2Cl)csc1NC(=O)CN1CCCC1. The van der Waals surface area contributed by atoms with E-state index in [2.05, 4.69) is 10.2 Å². The Hall–Kier alpha value is -1.89. The number of nitrogens with one attached hydrogen (secondary N) is 1. The number of benzene rings is 1. The maximum absolute atomic E-state index is 12.5. The van der Waals surface area contributed by atoms with Gasteiger partial charge in [0.25, 0.3) is 0 Å². The van der Waals surface area contributed by atoms with Gasteiger partial charge in [0.2, 0.25) is 5.91 Å². The van der Waals surface area contributed by atoms with E-state index < -0.39 is 5.97 Å². The number of thiophene rings is 1. The van der Waals surface area contributed by atoms with Crippen LogP contribution in [0.4, 0.5) is 5.00 Å². The van der Waals surface area contributed by atoms with E-state index in [-0.39, 0.29) is 12.5 Å². The van der Waals surface area contributed by atoms with Crippen molar-refractivity contribution in [3.8, 4) is 11.1 Å². The number of hydrogen-bond donors (Lipinski definition) is 1. The molecule has 5 nitrogen and oxygen atoms in total. The summed E-state index contributed by atoms with van der Waals surface area (Å²) < 4.78 is 5.21. The van der Waals surface area contributed by atoms with Crippen LogP contribution in [0.25, 0.3) is 11.1 Å². The van der Waals surface area contributed by atoms with Gasteiger partial charge in [0, 0.05) is 21.5 Å². The predicted molar refractivity (Wildman–Crippen MR) is 105 cm³/mol. The van der Waals surface area contributed by atoms with Crippen molar-refractivity contribution in [2.45, 2.75) is 19.8 Å². The van der Waals surface area contributed by atoms with Crippen molar-refractivity contribution in [3.63, 3.8) is 0 Å². The highest BCUT2D eigenvalue weighted by atomic mass is 35.5. The lowest BCUT2D eigenvalue weighted by Crippen LogP contribution is -2.31. The third-order valence-corrected chi connectivity index (χ3v) is 5.48. The Kier molecular flexibility index (Phi) is 6.29. The topological polar surface area (TPSA) is 58.6 Å². The maximum atomic E-state index is 12.5. The minimum absolute atomic E-state index is 0.120. The van der Waals surface area contributed by atoms with E-state index in [1.54, 1.807) is 13.0 Å². The maximum Gasteiger partial charge on any atom is 0.341 e. The van der Waals surface area contributed by atoms with Crippen LogP contribution < -0.4 is 5.32 Å². The summed E-state index contributed by atoms with van der Waals surface area (Å²) in [6, 6.07) is 7.32. The highest BCUT2D eigenvalue weighted by molar-refractivity contribution is 7.15. The first-order valence-corrected chi connectivity index (χ1v) is 9.91. The second-order valence-electron chi connectivity index (χ2n) is 6.09. The predicted octanol–water partition coefficient (Wildman–Crippen LogP) is 4.28. The molecule has 1 aromatic heterocycles. The first-order chi connectivity index (χ1) is 12.6. The molecule has 1 N–H and O–H groups in total. The molecule has 0 bridgehead atoms. The number of hydrogen-bond acceptors (Lipinski definition) is 5. The first kappa shape index (κ1) is 18.9. The van der Waals surface area contributed by atoms with Gasteiger partial charge in [-0.15, -0.1) is 11.3 Å². The molecule has 1 aromatic carbocycles. The van der Waals surface area contributed by atoms with Gasteiger partial charge in [-0.1, -0.05) is 29.8 Å². The zero-order valence-corrected chi connectivity index (χ0v) is 16.2. The van der Waals surface area contributed by atoms with Crippen molar-refractivity contribution in [2.75, 3.05) is 31.6 Å². The van der Waals surface area contributed by atoms with Crippen molar-refractivity contribution in [1.82, 2.24) is 4.90 Å². The lowest BCUT2D eigenvalue weighted by Gasteiger charge is -2.14. The number of carbonyl (C=O) groups is 2. The molecular formula is C19H21ClN2O3S. The number of rotatable bonds is 6. The molecule has 1 aliphatic heterocycles. The number of likely N-dealkylation sites (tertiary alicyclic amines) is 1. The lowest BCUT2D eigenvalue weighted by molar-refractivity contribution is -0.117. The quantitative estimate of drug-likeness (QED) is 0.745. The van der Waals surface area contributed by atoms with Crippen molar-refractivity contribution in [3.05, 3.63) is 40.2 Å². The normalized spacial score (nSPS) is 14.4. The molecule has 1 fully saturated rings. The van der Waals surface area contributed by atoms with Crippen LogP contribution in [0.3, 0.4) is 0 Å². The third-order valence-electron chi connectivity index (χ3n) is 4.25. The molecule has 2 heterocycles. The molecule has 1 amide bonds. The summed E-state index contributed by atoms with van der Waals surface area (Å²) in [6.07, 6.45) is 2.24. The molecule has 0 aliphatic carbocycles. The van der Waals surface area contributed by atoms with E-state index in [0.717, 1.165) is 31.5 Å². The van der Waals surface area contributed by atoms with E-state index >= 15 is 0 Å². The number of amides is 1. The zero-order valence-electron chi connectivity index (χ0n) is 14.6. The summed E-state index contributed by atoms with van der Waals surface area (Å²) in [5, 5.41) is 5.76. The van der Waals surface area contributed by atoms with Crippen LogP contribution in [-0.4, -0.2) is 43.0 Å². The number of anilines is 1. The van der Waals surface area contributed by atoms with Crippen LogP contribution in [0.5, 0.6) is 0 Å². The Balaban J connectivity index is 1.88. The molecular weight excluding hydrogens is 372 g/mol. The summed E-state index contributed by atoms with van der Waals surface area (Å²) in [5.74, 6) is -0.579. The van der Waals surface area contributed by atoms with Crippen LogP contribution in [-0.2, 0) is 9.53 Å². The fourth-order valence-electron chi connectivity index (χ4n) is 3.04. The molecule has 1 aliphatic rings. The number of carbonyl (C=O) groups excluding carboxylic acids is 2. The van der Waals surface area contributed by atoms with Gasteiger partial charge >= 0.3 is 5.97 Å². The fourth-order valence-corrected chi connectivity index (χ4v) is 4.25. The highest BCUT2D eigenvalue weighted by Crippen LogP contribution is 2.39. The van der Waals surface area contributed by atoms with Crippen LogP contribution >= 0.6 is 22.9 Å². The molecule has 0 atom stereocenters. The molecule has 0 saturated carbocycles. The first-order valence-electron chi connectivity index (χ1n) is 8.66. The van der Waals surface area contributed by atoms with Gasteiger partial charge in [-0.05, 0) is 38.9 Å². The van der Waals surface area contributed by atoms with E-state index in [0.29, 0.717) is 27.7 Å². The average molecular weight is 393 g/mol. The molecule has 7 heteroatoms. The average Bonchev–Trinajstić information content (AvgIpc) is 3.25. The summed E-state index contributed by atoms with van der Waals surface area (Å²) in [6.45, 7) is 4.23. The van der Waals surface area contributed by atoms with Crippen molar-refractivity contribution in [1.29, 1.82) is 0 Å². The second kappa shape index (κ2) is 8.66. The minimum atomic E-state index is -0.458. The molecule has 3 rings (SSSR count). The largest absolute Gasteiger partial charge is 0.462 e. The highest BCUT2D eigenvalue weighted by Gasteiger charge is 2.24. The van der Waals surface area contributed by atoms with Crippen molar-refractivity contribution in [2.24, 2.45) is 0 Å². The fraction of sp³-hybridized carbons (Fsp3) is 0.368. The Labute approximate surface area is 161 Å². The Bertz CT molecular complexity index is 800. The Morgan fingerprint density at radius 3 is 2.65 bits per heavy atom. The van der Waals surface area contributed by atoms with Crippen LogP contribution in [0.2, 0.25) is 5.02 Å². The summed E-state index contributed by atoms with van der Waals surface area (Å²) in [4.78, 5) is 27.0. The minimum Gasteiger partial charge on any atom is -0.462 e. The monoisotopic (exact) mass is 392 g/mol. The Morgan fingerprint density at radius 2 is 1.96 bits per heavy atom. The molecule has 0 unspecified atom stereocenters. The lowest BCUT2D eigenvalue weighted by atomic mass is 10.0. The standard InChI is InChI=1S/C19H21ClN2O3S/c1-2-25-19(24)17-14(13-7-3-4-8-15(13)20)12-26-18(17)21-16(23)11-22-9-5-6-10-22/h3-4,7-8,12H,2,5-6,9-11H2,1H3,(H,21,23). The second-order valence-corrected chi connectivity index (χ2v) is 7.37. The smallest absolute Gasteiger partial charge is 0.341 e. The van der Waals surface area contributed by atoms with Gasteiger partial charge in [0.1, 0.15) is 10.6 Å². The third kappa shape index (κ3) is 4.26. The van der Waals surface area contributed by atoms with Gasteiger partial charge < -0.3 is 10.1 Å². The summed E-state index contributed by atoms with van der Waals surface area (Å²) in [5.41, 5.74) is 1.78. The van der Waals surface area contributed by atoms with Gasteiger partial charge in [0.15, 0.2) is 0 Å². The van der Waals surface area contributed by atoms with Gasteiger partial charge in [-0.3, -0.25) is 9.69 Å². The summed E-state index contributed by atoms with van der Waals surface area (Å²) in [7, 11) is 0. The van der Waals surface area contributed by atoms with Crippen LogP contribution in [0.15, 0.2) is 29.6 Å². The molecule has 26 heavy (non-hydrogen) atoms. The van der Waals surface area contributed by atoms with Crippen molar-refractivity contribution >= 4 is 39.8 Å². The van der Waals surface area contributed by atoms with E-state index in [4.69, 9.17) is 16.3 Å². The Morgan fingerprint density at radius 1 is 1.23 bits per heavy atom. The van der Waals surface area contributed by atoms with Gasteiger partial charge in [-0.25, -0.2) is 4.79 Å². The van der Waals surface area contributed by atoms with Crippen molar-refractivity contribution < 1.29 is 14.3 Å². The molecule has 1 saturated heterocycles.